The molecule has 0 unspecified atom stereocenters. The average Bonchev–Trinajstić information content (AvgIpc) is 3.25. The molecule has 0 aliphatic carbocycles. The van der Waals surface area contributed by atoms with E-state index in [1.54, 1.807) is 40.3 Å². The van der Waals surface area contributed by atoms with Crippen molar-refractivity contribution in [3.63, 3.8) is 0 Å². The summed E-state index contributed by atoms with van der Waals surface area (Å²) < 4.78 is 6.57. The fraction of sp³-hybridized carbons (Fsp3) is 0.316. The fourth-order valence-electron chi connectivity index (χ4n) is 3.31. The molecule has 4 heterocycles. The molecule has 0 atom stereocenters. The van der Waals surface area contributed by atoms with Crippen LogP contribution in [0, 0.1) is 5.92 Å². The molecular weight excluding hydrogens is 346 g/mol. The quantitative estimate of drug-likeness (QED) is 0.700. The molecule has 4 rings (SSSR count). The van der Waals surface area contributed by atoms with E-state index in [2.05, 4.69) is 15.1 Å². The maximum absolute atomic E-state index is 12.4. The Bertz CT molecular complexity index is 961. The van der Waals surface area contributed by atoms with Gasteiger partial charge in [0.15, 0.2) is 0 Å². The third-order valence-corrected chi connectivity index (χ3v) is 4.84. The van der Waals surface area contributed by atoms with Crippen molar-refractivity contribution in [2.24, 2.45) is 5.92 Å². The number of pyridine rings is 1. The van der Waals surface area contributed by atoms with Crippen molar-refractivity contribution in [2.75, 3.05) is 13.1 Å². The Labute approximate surface area is 155 Å². The first-order valence-corrected chi connectivity index (χ1v) is 8.87. The van der Waals surface area contributed by atoms with E-state index in [4.69, 9.17) is 4.52 Å². The first-order valence-electron chi connectivity index (χ1n) is 8.87. The van der Waals surface area contributed by atoms with Crippen molar-refractivity contribution in [1.82, 2.24) is 24.6 Å². The van der Waals surface area contributed by atoms with E-state index in [1.165, 1.54) is 6.20 Å². The van der Waals surface area contributed by atoms with Crippen LogP contribution in [0.1, 0.15) is 23.4 Å². The van der Waals surface area contributed by atoms with Gasteiger partial charge in [0.05, 0.1) is 18.2 Å². The third-order valence-electron chi connectivity index (χ3n) is 4.84. The molecule has 8 heteroatoms. The maximum atomic E-state index is 12.4. The number of likely N-dealkylation sites (tertiary alicyclic amines) is 1. The minimum atomic E-state index is -0.134. The van der Waals surface area contributed by atoms with E-state index >= 15 is 0 Å². The topological polar surface area (TPSA) is 94.1 Å². The van der Waals surface area contributed by atoms with Gasteiger partial charge in [0, 0.05) is 49.7 Å². The van der Waals surface area contributed by atoms with Crippen LogP contribution in [0.3, 0.4) is 0 Å². The van der Waals surface area contributed by atoms with Gasteiger partial charge in [-0.15, -0.1) is 0 Å². The molecule has 0 bridgehead atoms. The van der Waals surface area contributed by atoms with Gasteiger partial charge in [-0.25, -0.2) is 4.98 Å². The summed E-state index contributed by atoms with van der Waals surface area (Å²) in [5, 5.41) is 3.58. The SMILES string of the molecule is O=C(c1ccno1)N1CCC(Cn2cnc(-c3cccnc3)cc2=O)CC1. The molecule has 138 valence electrons. The molecule has 3 aromatic heterocycles. The Hall–Kier alpha value is -3.29. The van der Waals surface area contributed by atoms with Gasteiger partial charge < -0.3 is 9.42 Å². The van der Waals surface area contributed by atoms with E-state index in [9.17, 15) is 9.59 Å². The molecule has 8 nitrogen and oxygen atoms in total. The van der Waals surface area contributed by atoms with Gasteiger partial charge in [0.2, 0.25) is 5.76 Å². The molecule has 3 aromatic rings. The molecule has 0 radical (unpaired) electrons. The minimum Gasteiger partial charge on any atom is -0.351 e. The monoisotopic (exact) mass is 365 g/mol. The van der Waals surface area contributed by atoms with Gasteiger partial charge in [-0.2, -0.15) is 0 Å². The van der Waals surface area contributed by atoms with Crippen molar-refractivity contribution < 1.29 is 9.32 Å². The lowest BCUT2D eigenvalue weighted by Gasteiger charge is -2.31. The summed E-state index contributed by atoms with van der Waals surface area (Å²) in [6.45, 7) is 1.88. The molecule has 1 amide bonds. The summed E-state index contributed by atoms with van der Waals surface area (Å²) in [4.78, 5) is 34.9. The highest BCUT2D eigenvalue weighted by Gasteiger charge is 2.25. The second-order valence-corrected chi connectivity index (χ2v) is 6.62. The third kappa shape index (κ3) is 3.79. The zero-order chi connectivity index (χ0) is 18.6. The number of hydrogen-bond donors (Lipinski definition) is 0. The first-order chi connectivity index (χ1) is 13.2. The number of hydrogen-bond acceptors (Lipinski definition) is 6. The largest absolute Gasteiger partial charge is 0.351 e. The van der Waals surface area contributed by atoms with Crippen LogP contribution >= 0.6 is 0 Å². The number of rotatable bonds is 4. The van der Waals surface area contributed by atoms with E-state index in [1.807, 2.05) is 12.1 Å². The van der Waals surface area contributed by atoms with Crippen LogP contribution in [0.25, 0.3) is 11.3 Å². The van der Waals surface area contributed by atoms with Crippen molar-refractivity contribution in [3.05, 3.63) is 65.3 Å². The molecule has 0 aromatic carbocycles. The first kappa shape index (κ1) is 17.1. The lowest BCUT2D eigenvalue weighted by molar-refractivity contribution is 0.0640. The zero-order valence-corrected chi connectivity index (χ0v) is 14.7. The number of carbonyl (C=O) groups excluding carboxylic acids is 1. The van der Waals surface area contributed by atoms with Gasteiger partial charge in [0.25, 0.3) is 11.5 Å². The average molecular weight is 365 g/mol. The van der Waals surface area contributed by atoms with Gasteiger partial charge in [-0.1, -0.05) is 5.16 Å². The Morgan fingerprint density at radius 3 is 2.74 bits per heavy atom. The van der Waals surface area contributed by atoms with Crippen LogP contribution in [0.4, 0.5) is 0 Å². The molecule has 27 heavy (non-hydrogen) atoms. The van der Waals surface area contributed by atoms with Gasteiger partial charge in [-0.05, 0) is 30.9 Å². The summed E-state index contributed by atoms with van der Waals surface area (Å²) in [6.07, 6.45) is 8.09. The number of nitrogens with zero attached hydrogens (tertiary/aromatic N) is 5. The molecule has 0 saturated carbocycles. The Morgan fingerprint density at radius 2 is 2.07 bits per heavy atom. The second-order valence-electron chi connectivity index (χ2n) is 6.62. The smallest absolute Gasteiger partial charge is 0.292 e. The van der Waals surface area contributed by atoms with Gasteiger partial charge in [-0.3, -0.25) is 19.1 Å². The van der Waals surface area contributed by atoms with Crippen molar-refractivity contribution in [3.8, 4) is 11.3 Å². The van der Waals surface area contributed by atoms with Crippen LogP contribution in [0.2, 0.25) is 0 Å². The van der Waals surface area contributed by atoms with Crippen molar-refractivity contribution >= 4 is 5.91 Å². The normalized spacial score (nSPS) is 15.0. The number of carbonyl (C=O) groups is 1. The van der Waals surface area contributed by atoms with E-state index < -0.39 is 0 Å². The maximum Gasteiger partial charge on any atom is 0.292 e. The number of piperidine rings is 1. The highest BCUT2D eigenvalue weighted by Crippen LogP contribution is 2.20. The van der Waals surface area contributed by atoms with Crippen LogP contribution in [0.15, 0.2) is 58.5 Å². The molecule has 1 saturated heterocycles. The van der Waals surface area contributed by atoms with Crippen molar-refractivity contribution in [2.45, 2.75) is 19.4 Å². The van der Waals surface area contributed by atoms with E-state index in [0.29, 0.717) is 31.2 Å². The Balaban J connectivity index is 1.38. The number of amides is 1. The molecular formula is C19H19N5O3. The van der Waals surface area contributed by atoms with Gasteiger partial charge in [0.1, 0.15) is 0 Å². The fourth-order valence-corrected chi connectivity index (χ4v) is 3.31. The second kappa shape index (κ2) is 7.53. The predicted octanol–water partition coefficient (Wildman–Crippen LogP) is 1.85. The Morgan fingerprint density at radius 1 is 1.22 bits per heavy atom. The molecule has 0 N–H and O–H groups in total. The molecule has 0 spiro atoms. The summed E-state index contributed by atoms with van der Waals surface area (Å²) in [6, 6.07) is 6.81. The van der Waals surface area contributed by atoms with E-state index in [0.717, 1.165) is 18.4 Å². The summed E-state index contributed by atoms with van der Waals surface area (Å²) >= 11 is 0. The van der Waals surface area contributed by atoms with Crippen LogP contribution in [0.5, 0.6) is 0 Å². The summed E-state index contributed by atoms with van der Waals surface area (Å²) in [5.41, 5.74) is 1.36. The molecule has 1 aliphatic rings. The summed E-state index contributed by atoms with van der Waals surface area (Å²) in [5.74, 6) is 0.456. The van der Waals surface area contributed by atoms with Gasteiger partial charge >= 0.3 is 0 Å². The van der Waals surface area contributed by atoms with Crippen LogP contribution < -0.4 is 5.56 Å². The lowest BCUT2D eigenvalue weighted by Crippen LogP contribution is -2.40. The lowest BCUT2D eigenvalue weighted by atomic mass is 9.96. The zero-order valence-electron chi connectivity index (χ0n) is 14.7. The minimum absolute atomic E-state index is 0.0796. The Kier molecular flexibility index (Phi) is 4.78. The van der Waals surface area contributed by atoms with Crippen molar-refractivity contribution in [1.29, 1.82) is 0 Å². The standard InChI is InChI=1S/C19H19N5O3/c25-18-10-16(15-2-1-6-20-11-15)21-13-24(18)12-14-4-8-23(9-5-14)19(26)17-3-7-22-27-17/h1-3,6-7,10-11,13-14H,4-5,8-9,12H2. The number of aromatic nitrogens is 4. The van der Waals surface area contributed by atoms with E-state index in [-0.39, 0.29) is 17.2 Å². The predicted molar refractivity (Wildman–Crippen MR) is 96.9 cm³/mol. The van der Waals surface area contributed by atoms with Crippen LogP contribution in [-0.2, 0) is 6.54 Å². The highest BCUT2D eigenvalue weighted by molar-refractivity contribution is 5.91. The molecule has 1 aliphatic heterocycles. The van der Waals surface area contributed by atoms with Crippen LogP contribution in [-0.4, -0.2) is 43.6 Å². The molecule has 1 fully saturated rings. The summed E-state index contributed by atoms with van der Waals surface area (Å²) in [7, 11) is 0. The highest BCUT2D eigenvalue weighted by atomic mass is 16.5.